The SMILES string of the molecule is CC(C(=O)O)N1CCC[C@H]1CO. The zero-order valence-electron chi connectivity index (χ0n) is 7.23. The lowest BCUT2D eigenvalue weighted by Gasteiger charge is -2.26. The zero-order chi connectivity index (χ0) is 9.14. The van der Waals surface area contributed by atoms with Gasteiger partial charge in [-0.2, -0.15) is 0 Å². The van der Waals surface area contributed by atoms with Crippen LogP contribution in [0.15, 0.2) is 0 Å². The van der Waals surface area contributed by atoms with E-state index in [1.165, 1.54) is 0 Å². The van der Waals surface area contributed by atoms with Crippen LogP contribution in [0.3, 0.4) is 0 Å². The Hall–Kier alpha value is -0.610. The van der Waals surface area contributed by atoms with Crippen molar-refractivity contribution in [2.24, 2.45) is 0 Å². The van der Waals surface area contributed by atoms with Crippen LogP contribution >= 0.6 is 0 Å². The Morgan fingerprint density at radius 1 is 1.75 bits per heavy atom. The maximum Gasteiger partial charge on any atom is 0.320 e. The maximum absolute atomic E-state index is 10.6. The summed E-state index contributed by atoms with van der Waals surface area (Å²) in [6.45, 7) is 2.52. The van der Waals surface area contributed by atoms with Crippen molar-refractivity contribution in [2.75, 3.05) is 13.2 Å². The Bertz CT molecular complexity index is 172. The van der Waals surface area contributed by atoms with E-state index in [-0.39, 0.29) is 12.6 Å². The molecule has 1 aliphatic heterocycles. The predicted molar refractivity (Wildman–Crippen MR) is 43.9 cm³/mol. The number of hydrogen-bond donors (Lipinski definition) is 2. The lowest BCUT2D eigenvalue weighted by molar-refractivity contribution is -0.143. The molecule has 1 aliphatic rings. The third-order valence-electron chi connectivity index (χ3n) is 2.49. The van der Waals surface area contributed by atoms with Crippen LogP contribution in [0.1, 0.15) is 19.8 Å². The van der Waals surface area contributed by atoms with Gasteiger partial charge in [0.25, 0.3) is 0 Å². The number of aliphatic hydroxyl groups is 1. The van der Waals surface area contributed by atoms with Gasteiger partial charge in [0.2, 0.25) is 0 Å². The fraction of sp³-hybridized carbons (Fsp3) is 0.875. The van der Waals surface area contributed by atoms with Crippen LogP contribution in [-0.4, -0.2) is 46.3 Å². The van der Waals surface area contributed by atoms with Crippen LogP contribution in [-0.2, 0) is 4.79 Å². The van der Waals surface area contributed by atoms with Crippen molar-refractivity contribution in [3.8, 4) is 0 Å². The highest BCUT2D eigenvalue weighted by Gasteiger charge is 2.30. The van der Waals surface area contributed by atoms with Crippen LogP contribution in [0.25, 0.3) is 0 Å². The molecule has 70 valence electrons. The predicted octanol–water partition coefficient (Wildman–Crippen LogP) is -0.0838. The van der Waals surface area contributed by atoms with E-state index in [4.69, 9.17) is 10.2 Å². The molecule has 0 radical (unpaired) electrons. The van der Waals surface area contributed by atoms with Gasteiger partial charge in [-0.25, -0.2) is 0 Å². The Morgan fingerprint density at radius 3 is 2.92 bits per heavy atom. The number of carboxylic acid groups (broad SMARTS) is 1. The standard InChI is InChI=1S/C8H15NO3/c1-6(8(11)12)9-4-2-3-7(9)5-10/h6-7,10H,2-5H2,1H3,(H,11,12)/t6?,7-/m0/s1. The van der Waals surface area contributed by atoms with Gasteiger partial charge in [0.1, 0.15) is 6.04 Å². The molecule has 0 aromatic carbocycles. The highest BCUT2D eigenvalue weighted by molar-refractivity contribution is 5.73. The average Bonchev–Trinajstić information content (AvgIpc) is 2.49. The summed E-state index contributed by atoms with van der Waals surface area (Å²) in [4.78, 5) is 12.5. The lowest BCUT2D eigenvalue weighted by atomic mass is 10.2. The summed E-state index contributed by atoms with van der Waals surface area (Å²) in [5, 5.41) is 17.7. The second kappa shape index (κ2) is 3.87. The van der Waals surface area contributed by atoms with Gasteiger partial charge in [0.15, 0.2) is 0 Å². The van der Waals surface area contributed by atoms with E-state index in [0.717, 1.165) is 19.4 Å². The number of aliphatic carboxylic acids is 1. The number of rotatable bonds is 3. The number of nitrogens with zero attached hydrogens (tertiary/aromatic N) is 1. The molecule has 0 spiro atoms. The highest BCUT2D eigenvalue weighted by Crippen LogP contribution is 2.19. The average molecular weight is 173 g/mol. The quantitative estimate of drug-likeness (QED) is 0.626. The molecule has 1 unspecified atom stereocenters. The molecular formula is C8H15NO3. The Morgan fingerprint density at radius 2 is 2.42 bits per heavy atom. The van der Waals surface area contributed by atoms with Gasteiger partial charge >= 0.3 is 5.97 Å². The summed E-state index contributed by atoms with van der Waals surface area (Å²) < 4.78 is 0. The smallest absolute Gasteiger partial charge is 0.320 e. The van der Waals surface area contributed by atoms with Crippen molar-refractivity contribution >= 4 is 5.97 Å². The summed E-state index contributed by atoms with van der Waals surface area (Å²) in [6.07, 6.45) is 1.90. The molecule has 1 heterocycles. The van der Waals surface area contributed by atoms with E-state index in [1.807, 2.05) is 4.90 Å². The van der Waals surface area contributed by atoms with Crippen LogP contribution in [0.4, 0.5) is 0 Å². The zero-order valence-corrected chi connectivity index (χ0v) is 7.23. The molecule has 1 saturated heterocycles. The van der Waals surface area contributed by atoms with Gasteiger partial charge in [0.05, 0.1) is 6.61 Å². The first kappa shape index (κ1) is 9.48. The monoisotopic (exact) mass is 173 g/mol. The normalized spacial score (nSPS) is 27.3. The number of hydrogen-bond acceptors (Lipinski definition) is 3. The maximum atomic E-state index is 10.6. The van der Waals surface area contributed by atoms with Crippen molar-refractivity contribution in [3.05, 3.63) is 0 Å². The van der Waals surface area contributed by atoms with E-state index in [9.17, 15) is 4.79 Å². The van der Waals surface area contributed by atoms with Crippen LogP contribution in [0, 0.1) is 0 Å². The Balaban J connectivity index is 2.55. The van der Waals surface area contributed by atoms with Crippen molar-refractivity contribution < 1.29 is 15.0 Å². The van der Waals surface area contributed by atoms with E-state index in [1.54, 1.807) is 6.92 Å². The van der Waals surface area contributed by atoms with Gasteiger partial charge in [-0.15, -0.1) is 0 Å². The number of aliphatic hydroxyl groups excluding tert-OH is 1. The highest BCUT2D eigenvalue weighted by atomic mass is 16.4. The van der Waals surface area contributed by atoms with Crippen molar-refractivity contribution in [2.45, 2.75) is 31.8 Å². The Kier molecular flexibility index (Phi) is 3.05. The van der Waals surface area contributed by atoms with E-state index < -0.39 is 12.0 Å². The molecule has 0 amide bonds. The van der Waals surface area contributed by atoms with E-state index in [0.29, 0.717) is 0 Å². The van der Waals surface area contributed by atoms with Crippen LogP contribution in [0.5, 0.6) is 0 Å². The van der Waals surface area contributed by atoms with Crippen LogP contribution < -0.4 is 0 Å². The first-order valence-electron chi connectivity index (χ1n) is 4.26. The summed E-state index contributed by atoms with van der Waals surface area (Å²) in [6, 6.07) is -0.416. The fourth-order valence-corrected chi connectivity index (χ4v) is 1.71. The molecule has 2 atom stereocenters. The summed E-state index contributed by atoms with van der Waals surface area (Å²) in [5.41, 5.74) is 0. The summed E-state index contributed by atoms with van der Waals surface area (Å²) in [5.74, 6) is -0.810. The second-order valence-corrected chi connectivity index (χ2v) is 3.23. The number of carboxylic acids is 1. The molecule has 4 nitrogen and oxygen atoms in total. The molecule has 0 aromatic heterocycles. The lowest BCUT2D eigenvalue weighted by Crippen LogP contribution is -2.43. The molecule has 2 N–H and O–H groups in total. The first-order chi connectivity index (χ1) is 5.66. The van der Waals surface area contributed by atoms with Crippen LogP contribution in [0.2, 0.25) is 0 Å². The summed E-state index contributed by atoms with van der Waals surface area (Å²) >= 11 is 0. The minimum absolute atomic E-state index is 0.0519. The molecule has 0 aliphatic carbocycles. The molecule has 0 bridgehead atoms. The molecule has 0 aromatic rings. The van der Waals surface area contributed by atoms with Gasteiger partial charge in [-0.05, 0) is 26.3 Å². The Labute approximate surface area is 71.8 Å². The molecular weight excluding hydrogens is 158 g/mol. The van der Waals surface area contributed by atoms with Gasteiger partial charge in [-0.1, -0.05) is 0 Å². The molecule has 4 heteroatoms. The number of likely N-dealkylation sites (tertiary alicyclic amines) is 1. The molecule has 1 fully saturated rings. The van der Waals surface area contributed by atoms with Crippen molar-refractivity contribution in [3.63, 3.8) is 0 Å². The third-order valence-corrected chi connectivity index (χ3v) is 2.49. The van der Waals surface area contributed by atoms with Crippen molar-refractivity contribution in [1.29, 1.82) is 0 Å². The van der Waals surface area contributed by atoms with Gasteiger partial charge in [0, 0.05) is 6.04 Å². The molecule has 12 heavy (non-hydrogen) atoms. The summed E-state index contributed by atoms with van der Waals surface area (Å²) in [7, 11) is 0. The second-order valence-electron chi connectivity index (χ2n) is 3.23. The minimum Gasteiger partial charge on any atom is -0.480 e. The van der Waals surface area contributed by atoms with E-state index in [2.05, 4.69) is 0 Å². The van der Waals surface area contributed by atoms with Gasteiger partial charge in [-0.3, -0.25) is 9.69 Å². The number of carbonyl (C=O) groups is 1. The third kappa shape index (κ3) is 1.76. The molecule has 0 saturated carbocycles. The first-order valence-corrected chi connectivity index (χ1v) is 4.26. The molecule has 1 rings (SSSR count). The minimum atomic E-state index is -0.810. The van der Waals surface area contributed by atoms with Gasteiger partial charge < -0.3 is 10.2 Å². The van der Waals surface area contributed by atoms with E-state index >= 15 is 0 Å². The fourth-order valence-electron chi connectivity index (χ4n) is 1.71. The largest absolute Gasteiger partial charge is 0.480 e. The topological polar surface area (TPSA) is 60.8 Å². The van der Waals surface area contributed by atoms with Crippen molar-refractivity contribution in [1.82, 2.24) is 4.90 Å².